The van der Waals surface area contributed by atoms with E-state index >= 15 is 0 Å². The second kappa shape index (κ2) is 5.85. The van der Waals surface area contributed by atoms with Gasteiger partial charge in [0.25, 0.3) is 0 Å². The molecule has 1 aromatic rings. The van der Waals surface area contributed by atoms with Gasteiger partial charge in [0, 0.05) is 6.42 Å². The second-order valence-electron chi connectivity index (χ2n) is 4.05. The third-order valence-electron chi connectivity index (χ3n) is 2.50. The Morgan fingerprint density at radius 1 is 1.50 bits per heavy atom. The molecule has 1 atom stereocenters. The maximum atomic E-state index is 5.61. The summed E-state index contributed by atoms with van der Waals surface area (Å²) >= 11 is 4.95. The number of thiocarbonyl (C=S) groups is 1. The van der Waals surface area contributed by atoms with Gasteiger partial charge in [0.1, 0.15) is 5.75 Å². The predicted octanol–water partition coefficient (Wildman–Crippen LogP) is 3.17. The molecule has 2 N–H and O–H groups in total. The minimum atomic E-state index is 0.305. The lowest BCUT2D eigenvalue weighted by molar-refractivity contribution is 0.334. The van der Waals surface area contributed by atoms with Gasteiger partial charge < -0.3 is 10.5 Å². The lowest BCUT2D eigenvalue weighted by Crippen LogP contribution is -2.12. The number of hydrogen-bond acceptors (Lipinski definition) is 2. The van der Waals surface area contributed by atoms with Gasteiger partial charge in [-0.2, -0.15) is 0 Å². The van der Waals surface area contributed by atoms with Crippen molar-refractivity contribution in [1.29, 1.82) is 0 Å². The van der Waals surface area contributed by atoms with Crippen LogP contribution in [-0.4, -0.2) is 11.6 Å². The predicted molar refractivity (Wildman–Crippen MR) is 72.2 cm³/mol. The molecule has 0 saturated carbocycles. The fourth-order valence-corrected chi connectivity index (χ4v) is 2.00. The maximum absolute atomic E-state index is 5.61. The highest BCUT2D eigenvalue weighted by Gasteiger charge is 2.12. The zero-order chi connectivity index (χ0) is 12.1. The molecule has 3 heteroatoms. The van der Waals surface area contributed by atoms with Crippen molar-refractivity contribution >= 4 is 17.2 Å². The average Bonchev–Trinajstić information content (AvgIpc) is 2.20. The van der Waals surface area contributed by atoms with Crippen LogP contribution >= 0.6 is 12.2 Å². The summed E-state index contributed by atoms with van der Waals surface area (Å²) in [5.74, 6) is 1.25. The van der Waals surface area contributed by atoms with E-state index in [1.165, 1.54) is 11.1 Å². The van der Waals surface area contributed by atoms with Gasteiger partial charge in [-0.3, -0.25) is 0 Å². The monoisotopic (exact) mass is 237 g/mol. The van der Waals surface area contributed by atoms with Gasteiger partial charge in [-0.25, -0.2) is 0 Å². The number of benzene rings is 1. The van der Waals surface area contributed by atoms with E-state index in [1.54, 1.807) is 0 Å². The lowest BCUT2D eigenvalue weighted by Gasteiger charge is -2.16. The van der Waals surface area contributed by atoms with E-state index in [1.807, 2.05) is 13.0 Å². The molecule has 1 unspecified atom stereocenters. The Morgan fingerprint density at radius 3 is 2.75 bits per heavy atom. The number of aryl methyl sites for hydroxylation is 1. The smallest absolute Gasteiger partial charge is 0.122 e. The molecular weight excluding hydrogens is 218 g/mol. The molecule has 1 rings (SSSR count). The van der Waals surface area contributed by atoms with Gasteiger partial charge in [0.15, 0.2) is 0 Å². The highest BCUT2D eigenvalue weighted by atomic mass is 32.1. The van der Waals surface area contributed by atoms with Crippen LogP contribution in [0.15, 0.2) is 18.2 Å². The summed E-state index contributed by atoms with van der Waals surface area (Å²) in [5, 5.41) is 0. The van der Waals surface area contributed by atoms with Gasteiger partial charge in [-0.05, 0) is 31.4 Å². The van der Waals surface area contributed by atoms with E-state index in [4.69, 9.17) is 22.7 Å². The van der Waals surface area contributed by atoms with Crippen molar-refractivity contribution in [2.75, 3.05) is 6.61 Å². The fourth-order valence-electron chi connectivity index (χ4n) is 1.75. The van der Waals surface area contributed by atoms with Crippen molar-refractivity contribution in [2.45, 2.75) is 33.1 Å². The first-order valence-corrected chi connectivity index (χ1v) is 5.97. The van der Waals surface area contributed by atoms with Crippen LogP contribution in [0.25, 0.3) is 0 Å². The molecule has 0 aliphatic rings. The summed E-state index contributed by atoms with van der Waals surface area (Å²) < 4.78 is 5.61. The molecule has 0 heterocycles. The number of rotatable bonds is 5. The van der Waals surface area contributed by atoms with Gasteiger partial charge in [-0.1, -0.05) is 36.8 Å². The van der Waals surface area contributed by atoms with E-state index in [0.717, 1.165) is 12.2 Å². The van der Waals surface area contributed by atoms with E-state index in [0.29, 0.717) is 17.5 Å². The average molecular weight is 237 g/mol. The normalized spacial score (nSPS) is 12.2. The Hall–Kier alpha value is -1.09. The zero-order valence-corrected chi connectivity index (χ0v) is 10.9. The van der Waals surface area contributed by atoms with Gasteiger partial charge in [0.05, 0.1) is 11.6 Å². The second-order valence-corrected chi connectivity index (χ2v) is 4.57. The lowest BCUT2D eigenvalue weighted by atomic mass is 9.95. The third kappa shape index (κ3) is 3.49. The van der Waals surface area contributed by atoms with Gasteiger partial charge in [-0.15, -0.1) is 0 Å². The first-order valence-electron chi connectivity index (χ1n) is 5.56. The van der Waals surface area contributed by atoms with Gasteiger partial charge >= 0.3 is 0 Å². The molecule has 0 aromatic heterocycles. The highest BCUT2D eigenvalue weighted by Crippen LogP contribution is 2.29. The van der Waals surface area contributed by atoms with Crippen LogP contribution in [0.2, 0.25) is 0 Å². The minimum absolute atomic E-state index is 0.305. The largest absolute Gasteiger partial charge is 0.494 e. The summed E-state index contributed by atoms with van der Waals surface area (Å²) in [6, 6.07) is 6.22. The van der Waals surface area contributed by atoms with Crippen molar-refractivity contribution in [1.82, 2.24) is 0 Å². The molecule has 0 bridgehead atoms. The van der Waals surface area contributed by atoms with Crippen LogP contribution in [0.1, 0.15) is 37.3 Å². The van der Waals surface area contributed by atoms with Crippen molar-refractivity contribution in [3.05, 3.63) is 29.3 Å². The summed E-state index contributed by atoms with van der Waals surface area (Å²) in [6.07, 6.45) is 0.721. The highest BCUT2D eigenvalue weighted by molar-refractivity contribution is 7.80. The van der Waals surface area contributed by atoms with Crippen LogP contribution in [0.3, 0.4) is 0 Å². The van der Waals surface area contributed by atoms with Crippen molar-refractivity contribution in [3.63, 3.8) is 0 Å². The van der Waals surface area contributed by atoms with Crippen LogP contribution < -0.4 is 10.5 Å². The van der Waals surface area contributed by atoms with Crippen LogP contribution in [0.4, 0.5) is 0 Å². The van der Waals surface area contributed by atoms with Crippen molar-refractivity contribution in [2.24, 2.45) is 5.73 Å². The van der Waals surface area contributed by atoms with Crippen LogP contribution in [0.5, 0.6) is 5.75 Å². The standard InChI is InChI=1S/C13H19NOS/c1-4-15-12-6-5-9(2)7-11(12)10(3)8-13(14)16/h5-7,10H,4,8H2,1-3H3,(H2,14,16). The summed E-state index contributed by atoms with van der Waals surface area (Å²) in [6.45, 7) is 6.86. The molecule has 1 aromatic carbocycles. The first-order chi connectivity index (χ1) is 7.54. The van der Waals surface area contributed by atoms with E-state index in [-0.39, 0.29) is 0 Å². The van der Waals surface area contributed by atoms with E-state index < -0.39 is 0 Å². The number of ether oxygens (including phenoxy) is 1. The minimum Gasteiger partial charge on any atom is -0.494 e. The molecular formula is C13H19NOS. The Balaban J connectivity index is 2.98. The molecule has 2 nitrogen and oxygen atoms in total. The Morgan fingerprint density at radius 2 is 2.19 bits per heavy atom. The molecule has 88 valence electrons. The Labute approximate surface area is 103 Å². The summed E-state index contributed by atoms with van der Waals surface area (Å²) in [5.41, 5.74) is 8.00. The Kier molecular flexibility index (Phi) is 4.74. The zero-order valence-electron chi connectivity index (χ0n) is 10.1. The number of nitrogens with two attached hydrogens (primary N) is 1. The fraction of sp³-hybridized carbons (Fsp3) is 0.462. The van der Waals surface area contributed by atoms with Gasteiger partial charge in [0.2, 0.25) is 0 Å². The molecule has 16 heavy (non-hydrogen) atoms. The van der Waals surface area contributed by atoms with Crippen molar-refractivity contribution < 1.29 is 4.74 Å². The third-order valence-corrected chi connectivity index (χ3v) is 2.67. The molecule has 0 spiro atoms. The van der Waals surface area contributed by atoms with E-state index in [9.17, 15) is 0 Å². The molecule has 0 aliphatic heterocycles. The van der Waals surface area contributed by atoms with Crippen molar-refractivity contribution in [3.8, 4) is 5.75 Å². The Bertz CT molecular complexity index is 376. The SMILES string of the molecule is CCOc1ccc(C)cc1C(C)CC(N)=S. The summed E-state index contributed by atoms with van der Waals surface area (Å²) in [4.78, 5) is 0.552. The molecule has 0 aliphatic carbocycles. The molecule has 0 fully saturated rings. The van der Waals surface area contributed by atoms with Crippen LogP contribution in [-0.2, 0) is 0 Å². The maximum Gasteiger partial charge on any atom is 0.122 e. The molecule has 0 amide bonds. The first kappa shape index (κ1) is 13.0. The number of hydrogen-bond donors (Lipinski definition) is 1. The topological polar surface area (TPSA) is 35.2 Å². The molecule has 0 radical (unpaired) electrons. The quantitative estimate of drug-likeness (QED) is 0.799. The van der Waals surface area contributed by atoms with Crippen LogP contribution in [0, 0.1) is 6.92 Å². The summed E-state index contributed by atoms with van der Waals surface area (Å²) in [7, 11) is 0. The molecule has 0 saturated heterocycles. The van der Waals surface area contributed by atoms with E-state index in [2.05, 4.69) is 26.0 Å².